The summed E-state index contributed by atoms with van der Waals surface area (Å²) in [5.74, 6) is 0.297. The van der Waals surface area contributed by atoms with Gasteiger partial charge in [0.1, 0.15) is 0 Å². The average molecular weight is 332 g/mol. The number of hydrogen-bond acceptors (Lipinski definition) is 2. The fourth-order valence-electron chi connectivity index (χ4n) is 3.94. The predicted octanol–water partition coefficient (Wildman–Crippen LogP) is 3.83. The maximum Gasteiger partial charge on any atom is 0.179 e. The van der Waals surface area contributed by atoms with E-state index < -0.39 is 0 Å². The Balaban J connectivity index is 1.46. The maximum atomic E-state index is 12.4. The molecule has 0 fully saturated rings. The summed E-state index contributed by atoms with van der Waals surface area (Å²) in [6.07, 6.45) is 6.75. The maximum absolute atomic E-state index is 12.4. The van der Waals surface area contributed by atoms with E-state index in [9.17, 15) is 4.79 Å². The molecule has 0 radical (unpaired) electrons. The van der Waals surface area contributed by atoms with E-state index in [1.54, 1.807) is 0 Å². The van der Waals surface area contributed by atoms with Crippen LogP contribution in [-0.2, 0) is 19.3 Å². The van der Waals surface area contributed by atoms with Gasteiger partial charge in [-0.1, -0.05) is 36.4 Å². The molecule has 1 N–H and O–H groups in total. The SMILES string of the molecule is O=C1CCCc2c(CCNCCc3ccccc3)c3ccccn3c21. The zero-order valence-corrected chi connectivity index (χ0v) is 14.5. The minimum Gasteiger partial charge on any atom is -0.316 e. The summed E-state index contributed by atoms with van der Waals surface area (Å²) in [6.45, 7) is 1.93. The van der Waals surface area contributed by atoms with Crippen LogP contribution in [-0.4, -0.2) is 23.3 Å². The van der Waals surface area contributed by atoms with Crippen LogP contribution in [0, 0.1) is 0 Å². The van der Waals surface area contributed by atoms with E-state index in [1.165, 1.54) is 22.2 Å². The smallest absolute Gasteiger partial charge is 0.179 e. The molecule has 3 aromatic rings. The molecule has 0 unspecified atom stereocenters. The quantitative estimate of drug-likeness (QED) is 0.696. The van der Waals surface area contributed by atoms with Gasteiger partial charge < -0.3 is 9.72 Å². The fraction of sp³-hybridized carbons (Fsp3) is 0.318. The average Bonchev–Trinajstić information content (AvgIpc) is 2.98. The number of carbonyl (C=O) groups excluding carboxylic acids is 1. The molecule has 0 saturated heterocycles. The van der Waals surface area contributed by atoms with E-state index in [2.05, 4.69) is 52.2 Å². The summed E-state index contributed by atoms with van der Waals surface area (Å²) in [5, 5.41) is 3.56. The number of rotatable bonds is 6. The first kappa shape index (κ1) is 16.1. The number of nitrogens with one attached hydrogen (secondary N) is 1. The van der Waals surface area contributed by atoms with Gasteiger partial charge in [0, 0.05) is 18.1 Å². The van der Waals surface area contributed by atoms with Gasteiger partial charge in [-0.15, -0.1) is 0 Å². The van der Waals surface area contributed by atoms with E-state index in [1.807, 2.05) is 12.3 Å². The number of hydrogen-bond donors (Lipinski definition) is 1. The molecule has 4 rings (SSSR count). The Morgan fingerprint density at radius 2 is 1.72 bits per heavy atom. The minimum atomic E-state index is 0.297. The molecule has 0 spiro atoms. The molecule has 3 heteroatoms. The van der Waals surface area contributed by atoms with Gasteiger partial charge in [0.25, 0.3) is 0 Å². The normalized spacial score (nSPS) is 14.0. The van der Waals surface area contributed by atoms with Crippen molar-refractivity contribution in [1.82, 2.24) is 9.72 Å². The summed E-state index contributed by atoms with van der Waals surface area (Å²) < 4.78 is 2.11. The molecular weight excluding hydrogens is 308 g/mol. The van der Waals surface area contributed by atoms with Crippen LogP contribution in [0.15, 0.2) is 54.7 Å². The number of pyridine rings is 1. The number of benzene rings is 1. The topological polar surface area (TPSA) is 33.5 Å². The van der Waals surface area contributed by atoms with Gasteiger partial charge in [-0.05, 0) is 67.6 Å². The Labute approximate surface area is 148 Å². The van der Waals surface area contributed by atoms with E-state index in [-0.39, 0.29) is 0 Å². The molecule has 0 saturated carbocycles. The minimum absolute atomic E-state index is 0.297. The van der Waals surface area contributed by atoms with Crippen LogP contribution in [0.1, 0.15) is 40.0 Å². The van der Waals surface area contributed by atoms with Gasteiger partial charge in [0.15, 0.2) is 5.78 Å². The Bertz CT molecular complexity index is 880. The highest BCUT2D eigenvalue weighted by Gasteiger charge is 2.25. The molecule has 0 bridgehead atoms. The zero-order valence-electron chi connectivity index (χ0n) is 14.5. The zero-order chi connectivity index (χ0) is 17.1. The molecule has 3 nitrogen and oxygen atoms in total. The summed E-state index contributed by atoms with van der Waals surface area (Å²) in [7, 11) is 0. The molecule has 1 aliphatic rings. The van der Waals surface area contributed by atoms with Crippen molar-refractivity contribution in [2.45, 2.75) is 32.1 Å². The van der Waals surface area contributed by atoms with Gasteiger partial charge in [0.05, 0.1) is 5.69 Å². The number of ketones is 1. The highest BCUT2D eigenvalue weighted by atomic mass is 16.1. The van der Waals surface area contributed by atoms with Gasteiger partial charge >= 0.3 is 0 Å². The predicted molar refractivity (Wildman–Crippen MR) is 101 cm³/mol. The van der Waals surface area contributed by atoms with Gasteiger partial charge in [-0.3, -0.25) is 4.79 Å². The Kier molecular flexibility index (Phi) is 4.66. The van der Waals surface area contributed by atoms with Crippen LogP contribution in [0.4, 0.5) is 0 Å². The van der Waals surface area contributed by atoms with Crippen LogP contribution in [0.2, 0.25) is 0 Å². The molecule has 2 aromatic heterocycles. The van der Waals surface area contributed by atoms with Gasteiger partial charge in [-0.2, -0.15) is 0 Å². The lowest BCUT2D eigenvalue weighted by molar-refractivity contribution is 0.0966. The molecule has 0 aliphatic heterocycles. The molecule has 0 amide bonds. The van der Waals surface area contributed by atoms with Crippen molar-refractivity contribution >= 4 is 11.3 Å². The van der Waals surface area contributed by atoms with Crippen molar-refractivity contribution in [2.24, 2.45) is 0 Å². The van der Waals surface area contributed by atoms with Crippen LogP contribution in [0.5, 0.6) is 0 Å². The summed E-state index contributed by atoms with van der Waals surface area (Å²) >= 11 is 0. The van der Waals surface area contributed by atoms with Crippen molar-refractivity contribution in [3.63, 3.8) is 0 Å². The molecule has 25 heavy (non-hydrogen) atoms. The van der Waals surface area contributed by atoms with Crippen LogP contribution < -0.4 is 5.32 Å². The first-order valence-corrected chi connectivity index (χ1v) is 9.23. The Morgan fingerprint density at radius 3 is 2.60 bits per heavy atom. The third-order valence-corrected chi connectivity index (χ3v) is 5.14. The number of nitrogens with zero attached hydrogens (tertiary/aromatic N) is 1. The lowest BCUT2D eigenvalue weighted by Crippen LogP contribution is -2.20. The standard InChI is InChI=1S/C22H24N2O/c25-21-11-6-9-19-18(20-10-4-5-16-24(20)22(19)21)13-15-23-14-12-17-7-2-1-3-8-17/h1-5,7-8,10,16,23H,6,9,11-15H2. The monoisotopic (exact) mass is 332 g/mol. The van der Waals surface area contributed by atoms with Crippen molar-refractivity contribution < 1.29 is 4.79 Å². The van der Waals surface area contributed by atoms with Crippen LogP contribution >= 0.6 is 0 Å². The molecule has 1 aromatic carbocycles. The fourth-order valence-corrected chi connectivity index (χ4v) is 3.94. The molecule has 2 heterocycles. The van der Waals surface area contributed by atoms with E-state index >= 15 is 0 Å². The van der Waals surface area contributed by atoms with Gasteiger partial charge in [0.2, 0.25) is 0 Å². The first-order valence-electron chi connectivity index (χ1n) is 9.23. The summed E-state index contributed by atoms with van der Waals surface area (Å²) in [4.78, 5) is 12.4. The molecule has 128 valence electrons. The van der Waals surface area contributed by atoms with Crippen LogP contribution in [0.3, 0.4) is 0 Å². The Hall–Kier alpha value is -2.39. The second-order valence-corrected chi connectivity index (χ2v) is 6.77. The third kappa shape index (κ3) is 3.24. The summed E-state index contributed by atoms with van der Waals surface area (Å²) in [5.41, 5.74) is 6.14. The van der Waals surface area contributed by atoms with E-state index in [4.69, 9.17) is 0 Å². The highest BCUT2D eigenvalue weighted by molar-refractivity contribution is 5.99. The van der Waals surface area contributed by atoms with Crippen molar-refractivity contribution in [2.75, 3.05) is 13.1 Å². The van der Waals surface area contributed by atoms with Gasteiger partial charge in [-0.25, -0.2) is 0 Å². The molecule has 1 aliphatic carbocycles. The largest absolute Gasteiger partial charge is 0.316 e. The lowest BCUT2D eigenvalue weighted by Gasteiger charge is -2.12. The second kappa shape index (κ2) is 7.24. The second-order valence-electron chi connectivity index (χ2n) is 6.77. The Morgan fingerprint density at radius 1 is 0.920 bits per heavy atom. The first-order chi connectivity index (χ1) is 12.3. The van der Waals surface area contributed by atoms with Crippen LogP contribution in [0.25, 0.3) is 5.52 Å². The lowest BCUT2D eigenvalue weighted by atomic mass is 9.92. The van der Waals surface area contributed by atoms with Crippen molar-refractivity contribution in [3.8, 4) is 0 Å². The number of fused-ring (bicyclic) bond motifs is 3. The molecular formula is C22H24N2O. The number of Topliss-reactive ketones (excluding diaryl/α,β-unsaturated/α-hetero) is 1. The van der Waals surface area contributed by atoms with E-state index in [0.717, 1.165) is 44.5 Å². The van der Waals surface area contributed by atoms with Crippen molar-refractivity contribution in [3.05, 3.63) is 77.1 Å². The number of carbonyl (C=O) groups is 1. The van der Waals surface area contributed by atoms with E-state index in [0.29, 0.717) is 12.2 Å². The summed E-state index contributed by atoms with van der Waals surface area (Å²) in [6, 6.07) is 16.8. The molecule has 0 atom stereocenters. The third-order valence-electron chi connectivity index (χ3n) is 5.14. The van der Waals surface area contributed by atoms with Crippen molar-refractivity contribution in [1.29, 1.82) is 0 Å². The number of aromatic nitrogens is 1. The highest BCUT2D eigenvalue weighted by Crippen LogP contribution is 2.30.